The molecule has 0 rings (SSSR count). The normalized spacial score (nSPS) is 16.4. The number of aliphatic hydroxyl groups is 1. The van der Waals surface area contributed by atoms with Crippen molar-refractivity contribution in [3.05, 3.63) is 0 Å². The fourth-order valence-electron chi connectivity index (χ4n) is 2.29. The van der Waals surface area contributed by atoms with Gasteiger partial charge in [0.1, 0.15) is 6.77 Å². The number of hydrogen-bond donors (Lipinski definition) is 1. The van der Waals surface area contributed by atoms with E-state index in [1.165, 1.54) is 0 Å². The van der Waals surface area contributed by atoms with Crippen molar-refractivity contribution in [2.75, 3.05) is 159 Å². The van der Waals surface area contributed by atoms with Gasteiger partial charge in [-0.15, -0.1) is 0 Å². The van der Waals surface area contributed by atoms with Crippen molar-refractivity contribution in [2.24, 2.45) is 0 Å². The molecule has 4 unspecified atom stereocenters. The molecule has 13 nitrogen and oxygen atoms in total. The highest BCUT2D eigenvalue weighted by molar-refractivity contribution is 4.39. The molecule has 0 saturated heterocycles. The van der Waals surface area contributed by atoms with E-state index in [0.717, 1.165) is 0 Å². The number of aliphatic hydroxyl groups excluding tert-OH is 1. The molecular weight excluding hydrogens is 508 g/mol. The van der Waals surface area contributed by atoms with Crippen LogP contribution in [0.3, 0.4) is 0 Å². The molecule has 0 aliphatic heterocycles. The lowest BCUT2D eigenvalue weighted by molar-refractivity contribution is -0.0418. The first-order valence-electron chi connectivity index (χ1n) is 15.2. The predicted molar refractivity (Wildman–Crippen MR) is 138 cm³/mol. The molecule has 13 heteroatoms. The van der Waals surface area contributed by atoms with Crippen molar-refractivity contribution in [1.29, 1.82) is 0 Å². The maximum absolute atomic E-state index is 8.60. The summed E-state index contributed by atoms with van der Waals surface area (Å²) in [7, 11) is 0. The third-order valence-corrected chi connectivity index (χ3v) is 4.06. The molecule has 0 radical (unpaired) electrons. The van der Waals surface area contributed by atoms with E-state index >= 15 is 0 Å². The summed E-state index contributed by atoms with van der Waals surface area (Å²) in [6.07, 6.45) is 0. The first-order valence-corrected chi connectivity index (χ1v) is 12.9. The van der Waals surface area contributed by atoms with Crippen molar-refractivity contribution in [3.63, 3.8) is 0 Å². The minimum Gasteiger partial charge on any atom is -0.379 e. The minimum atomic E-state index is -1.56. The van der Waals surface area contributed by atoms with Gasteiger partial charge in [0.05, 0.1) is 151 Å². The number of hydrogen-bond acceptors (Lipinski definition) is 13. The van der Waals surface area contributed by atoms with Gasteiger partial charge in [-0.2, -0.15) is 0 Å². The fraction of sp³-hybridized carbons (Fsp3) is 1.00. The third kappa shape index (κ3) is 35.5. The summed E-state index contributed by atoms with van der Waals surface area (Å²) in [5.41, 5.74) is 0. The Kier molecular flexibility index (Phi) is 29.2. The Labute approximate surface area is 233 Å². The molecule has 0 spiro atoms. The van der Waals surface area contributed by atoms with Crippen LogP contribution in [-0.2, 0) is 56.8 Å². The quantitative estimate of drug-likeness (QED) is 0.0829. The first-order chi connectivity index (χ1) is 20.5. The smallest absolute Gasteiger partial charge is 0.143 e. The zero-order valence-corrected chi connectivity index (χ0v) is 22.8. The largest absolute Gasteiger partial charge is 0.379 e. The Bertz CT molecular complexity index is 533. The van der Waals surface area contributed by atoms with E-state index in [1.54, 1.807) is 0 Å². The molecule has 230 valence electrons. The molecule has 0 aromatic rings. The zero-order valence-electron chi connectivity index (χ0n) is 26.8. The average Bonchev–Trinajstić information content (AvgIpc) is 2.96. The standard InChI is InChI=1S/C25H52O13/c1-2-27-3-4-28-5-6-29-7-8-30-9-10-31-11-12-32-13-14-33-15-16-34-17-18-35-19-20-36-21-22-37-23-24-38-25-26/h26H,2-25H2,1H3/i7D,13D,19D,25D. The second-order valence-corrected chi connectivity index (χ2v) is 6.96. The Morgan fingerprint density at radius 3 is 0.868 bits per heavy atom. The van der Waals surface area contributed by atoms with E-state index in [0.29, 0.717) is 79.3 Å². The topological polar surface area (TPSA) is 131 Å². The maximum Gasteiger partial charge on any atom is 0.143 e. The van der Waals surface area contributed by atoms with Crippen LogP contribution in [0.15, 0.2) is 0 Å². The van der Waals surface area contributed by atoms with Gasteiger partial charge in [-0.1, -0.05) is 0 Å². The van der Waals surface area contributed by atoms with E-state index in [-0.39, 0.29) is 52.9 Å². The van der Waals surface area contributed by atoms with Crippen LogP contribution in [0.1, 0.15) is 12.4 Å². The van der Waals surface area contributed by atoms with E-state index in [1.807, 2.05) is 6.92 Å². The molecule has 0 fully saturated rings. The van der Waals surface area contributed by atoms with Gasteiger partial charge in [-0.25, -0.2) is 0 Å². The molecule has 0 saturated carbocycles. The molecule has 0 amide bonds. The molecule has 0 aliphatic carbocycles. The molecule has 0 aromatic heterocycles. The fourth-order valence-corrected chi connectivity index (χ4v) is 2.29. The van der Waals surface area contributed by atoms with Gasteiger partial charge >= 0.3 is 0 Å². The lowest BCUT2D eigenvalue weighted by atomic mass is 10.6. The first kappa shape index (κ1) is 30.4. The predicted octanol–water partition coefficient (Wildman–Crippen LogP) is 0.155. The van der Waals surface area contributed by atoms with Crippen molar-refractivity contribution >= 4 is 0 Å². The molecule has 4 atom stereocenters. The Morgan fingerprint density at radius 1 is 0.342 bits per heavy atom. The van der Waals surface area contributed by atoms with Crippen LogP contribution in [0.2, 0.25) is 0 Å². The average molecular weight is 565 g/mol. The van der Waals surface area contributed by atoms with Gasteiger partial charge < -0.3 is 61.9 Å². The minimum absolute atomic E-state index is 0.0904. The molecular formula is C25H52O13. The van der Waals surface area contributed by atoms with Crippen molar-refractivity contribution in [1.82, 2.24) is 0 Å². The summed E-state index contributed by atoms with van der Waals surface area (Å²) in [6.45, 7) is 4.00. The van der Waals surface area contributed by atoms with Crippen LogP contribution in [0.25, 0.3) is 0 Å². The second kappa shape index (κ2) is 36.5. The van der Waals surface area contributed by atoms with Crippen molar-refractivity contribution in [2.45, 2.75) is 6.92 Å². The highest BCUT2D eigenvalue weighted by Gasteiger charge is 1.96. The van der Waals surface area contributed by atoms with E-state index in [9.17, 15) is 0 Å². The van der Waals surface area contributed by atoms with E-state index in [2.05, 4.69) is 4.74 Å². The van der Waals surface area contributed by atoms with Gasteiger partial charge in [0.25, 0.3) is 0 Å². The monoisotopic (exact) mass is 564 g/mol. The molecule has 0 aliphatic rings. The lowest BCUT2D eigenvalue weighted by Gasteiger charge is -2.09. The highest BCUT2D eigenvalue weighted by atomic mass is 16.6. The van der Waals surface area contributed by atoms with E-state index in [4.69, 9.17) is 62.7 Å². The summed E-state index contributed by atoms with van der Waals surface area (Å²) in [4.78, 5) is 0. The second-order valence-electron chi connectivity index (χ2n) is 6.96. The van der Waals surface area contributed by atoms with Crippen LogP contribution < -0.4 is 0 Å². The molecule has 1 N–H and O–H groups in total. The van der Waals surface area contributed by atoms with Crippen LogP contribution in [-0.4, -0.2) is 164 Å². The number of rotatable bonds is 35. The van der Waals surface area contributed by atoms with Gasteiger partial charge in [-0.3, -0.25) is 0 Å². The summed E-state index contributed by atoms with van der Waals surface area (Å²) in [5.74, 6) is 0. The Hall–Kier alpha value is -0.520. The third-order valence-electron chi connectivity index (χ3n) is 4.06. The molecule has 0 aromatic carbocycles. The van der Waals surface area contributed by atoms with Crippen LogP contribution in [0.5, 0.6) is 0 Å². The molecule has 38 heavy (non-hydrogen) atoms. The highest BCUT2D eigenvalue weighted by Crippen LogP contribution is 1.87. The van der Waals surface area contributed by atoms with Gasteiger partial charge in [0.2, 0.25) is 0 Å². The van der Waals surface area contributed by atoms with Gasteiger partial charge in [0.15, 0.2) is 0 Å². The van der Waals surface area contributed by atoms with Crippen LogP contribution in [0.4, 0.5) is 0 Å². The van der Waals surface area contributed by atoms with Crippen LogP contribution in [0, 0.1) is 0 Å². The lowest BCUT2D eigenvalue weighted by Crippen LogP contribution is -2.15. The number of ether oxygens (including phenoxy) is 12. The molecule has 0 bridgehead atoms. The molecule has 0 heterocycles. The van der Waals surface area contributed by atoms with Crippen molar-refractivity contribution in [3.8, 4) is 0 Å². The summed E-state index contributed by atoms with van der Waals surface area (Å²) in [5, 5.41) is 8.60. The Balaban J connectivity index is 3.31. The Morgan fingerprint density at radius 2 is 0.579 bits per heavy atom. The van der Waals surface area contributed by atoms with Crippen LogP contribution >= 0.6 is 0 Å². The maximum atomic E-state index is 8.60. The van der Waals surface area contributed by atoms with Gasteiger partial charge in [0, 0.05) is 6.61 Å². The SMILES string of the molecule is [2H]C(O)OCCOCCOCC([2H])OCCOCCOCC([2H])OCCOCCOCC([2H])OCCOCCOCC. The van der Waals surface area contributed by atoms with Gasteiger partial charge in [-0.05, 0) is 6.92 Å². The zero-order chi connectivity index (χ0) is 30.9. The van der Waals surface area contributed by atoms with Crippen molar-refractivity contribution < 1.29 is 67.4 Å². The summed E-state index contributed by atoms with van der Waals surface area (Å²) >= 11 is 0. The van der Waals surface area contributed by atoms with E-state index < -0.39 is 26.5 Å². The summed E-state index contributed by atoms with van der Waals surface area (Å²) in [6, 6.07) is 0. The summed E-state index contributed by atoms with van der Waals surface area (Å²) < 4.78 is 92.7.